The lowest BCUT2D eigenvalue weighted by Crippen LogP contribution is -2.26. The minimum atomic E-state index is -4.68. The van der Waals surface area contributed by atoms with Gasteiger partial charge in [-0.2, -0.15) is 0 Å². The number of ether oxygens (including phenoxy) is 1. The van der Waals surface area contributed by atoms with Crippen molar-refractivity contribution in [3.05, 3.63) is 113 Å². The summed E-state index contributed by atoms with van der Waals surface area (Å²) in [6.07, 6.45) is 0. The van der Waals surface area contributed by atoms with Crippen molar-refractivity contribution in [2.75, 3.05) is 4.72 Å². The van der Waals surface area contributed by atoms with Crippen LogP contribution in [0, 0.1) is 27.2 Å². The lowest BCUT2D eigenvalue weighted by atomic mass is 9.86. The van der Waals surface area contributed by atoms with Crippen LogP contribution in [0.25, 0.3) is 10.8 Å². The first kappa shape index (κ1) is 33.1. The molecule has 0 bridgehead atoms. The Bertz CT molecular complexity index is 2070. The number of aryl methyl sites for hydroxylation is 1. The Hall–Kier alpha value is -4.82. The van der Waals surface area contributed by atoms with Gasteiger partial charge in [-0.15, -0.1) is 0 Å². The highest BCUT2D eigenvalue weighted by atomic mass is 35.5. The number of aromatic nitrogens is 1. The number of carbonyl (C=O) groups excluding carboxylic acids is 1. The topological polar surface area (TPSA) is 181 Å². The van der Waals surface area contributed by atoms with Crippen LogP contribution in [-0.2, 0) is 21.8 Å². The lowest BCUT2D eigenvalue weighted by molar-refractivity contribution is -0.395. The van der Waals surface area contributed by atoms with Crippen molar-refractivity contribution in [1.82, 2.24) is 4.57 Å². The number of hydrogen-bond acceptors (Lipinski definition) is 9. The van der Waals surface area contributed by atoms with E-state index < -0.39 is 70.4 Å². The number of nitro benzene ring substituents is 2. The van der Waals surface area contributed by atoms with Gasteiger partial charge in [-0.3, -0.25) is 29.7 Å². The second-order valence-corrected chi connectivity index (χ2v) is 13.4. The van der Waals surface area contributed by atoms with E-state index in [1.54, 1.807) is 39.8 Å². The van der Waals surface area contributed by atoms with Crippen molar-refractivity contribution < 1.29 is 27.8 Å². The van der Waals surface area contributed by atoms with Gasteiger partial charge in [-0.25, -0.2) is 13.2 Å². The highest BCUT2D eigenvalue weighted by molar-refractivity contribution is 7.92. The van der Waals surface area contributed by atoms with Crippen LogP contribution in [0.15, 0.2) is 64.3 Å². The third-order valence-corrected chi connectivity index (χ3v) is 8.77. The molecule has 3 aromatic carbocycles. The molecule has 1 unspecified atom stereocenters. The smallest absolute Gasteiger partial charge is 0.340 e. The number of benzene rings is 3. The van der Waals surface area contributed by atoms with Gasteiger partial charge in [-0.05, 0) is 74.5 Å². The average Bonchev–Trinajstić information content (AvgIpc) is 2.94. The van der Waals surface area contributed by atoms with Gasteiger partial charge in [0.1, 0.15) is 26.9 Å². The molecular formula is C30H29ClN4O9S. The number of fused-ring (bicyclic) bond motifs is 1. The Kier molecular flexibility index (Phi) is 8.77. The first-order chi connectivity index (χ1) is 20.8. The Morgan fingerprint density at radius 1 is 1.02 bits per heavy atom. The number of nitrogens with one attached hydrogen (secondary N) is 1. The summed E-state index contributed by atoms with van der Waals surface area (Å²) >= 11 is 6.28. The fourth-order valence-electron chi connectivity index (χ4n) is 5.04. The third-order valence-electron chi connectivity index (χ3n) is 6.99. The molecule has 0 aliphatic carbocycles. The number of anilines is 1. The normalized spacial score (nSPS) is 12.5. The van der Waals surface area contributed by atoms with Gasteiger partial charge >= 0.3 is 11.7 Å². The first-order valence-corrected chi connectivity index (χ1v) is 15.3. The van der Waals surface area contributed by atoms with Crippen LogP contribution in [0.4, 0.5) is 17.1 Å². The molecule has 13 nitrogen and oxygen atoms in total. The molecule has 0 fully saturated rings. The summed E-state index contributed by atoms with van der Waals surface area (Å²) in [6, 6.07) is 11.8. The molecule has 0 radical (unpaired) electrons. The highest BCUT2D eigenvalue weighted by Gasteiger charge is 2.36. The summed E-state index contributed by atoms with van der Waals surface area (Å²) < 4.78 is 36.0. The van der Waals surface area contributed by atoms with Gasteiger partial charge in [0.05, 0.1) is 15.4 Å². The van der Waals surface area contributed by atoms with Crippen LogP contribution in [0.5, 0.6) is 0 Å². The Labute approximate surface area is 262 Å². The Morgan fingerprint density at radius 2 is 1.67 bits per heavy atom. The molecule has 1 aromatic heterocycles. The quantitative estimate of drug-likeness (QED) is 0.0995. The summed E-state index contributed by atoms with van der Waals surface area (Å²) in [7, 11) is -3.21. The van der Waals surface area contributed by atoms with Crippen LogP contribution in [-0.4, -0.2) is 34.4 Å². The van der Waals surface area contributed by atoms with Gasteiger partial charge < -0.3 is 9.30 Å². The number of nitro groups is 2. The number of pyridine rings is 1. The second kappa shape index (κ2) is 11.9. The van der Waals surface area contributed by atoms with Crippen molar-refractivity contribution in [2.45, 2.75) is 51.0 Å². The fraction of sp³-hybridized carbons (Fsp3) is 0.267. The second-order valence-electron chi connectivity index (χ2n) is 11.4. The predicted molar refractivity (Wildman–Crippen MR) is 169 cm³/mol. The molecule has 0 aliphatic rings. The molecule has 236 valence electrons. The number of sulfonamides is 1. The standard InChI is InChI=1S/C30H29ClN4O9S/c1-16-13-19(20-15-25(31)33(6)28(36)21(20)14-16)17(2)26-23(34(38)39)12-11-22(27(26)35(40)41)32-45(42,43)24-10-8-7-9-18(24)29(37)44-30(3,4)5/h7-15,17,32H,1-6H3. The van der Waals surface area contributed by atoms with E-state index >= 15 is 0 Å². The van der Waals surface area contributed by atoms with Crippen molar-refractivity contribution in [2.24, 2.45) is 7.05 Å². The van der Waals surface area contributed by atoms with Crippen molar-refractivity contribution in [3.8, 4) is 0 Å². The maximum Gasteiger partial charge on any atom is 0.340 e. The first-order valence-electron chi connectivity index (χ1n) is 13.4. The van der Waals surface area contributed by atoms with E-state index in [0.717, 1.165) is 18.2 Å². The summed E-state index contributed by atoms with van der Waals surface area (Å²) in [5, 5.41) is 25.4. The van der Waals surface area contributed by atoms with Gasteiger partial charge in [0, 0.05) is 24.4 Å². The minimum absolute atomic E-state index is 0.0685. The summed E-state index contributed by atoms with van der Waals surface area (Å²) in [5.74, 6) is -2.04. The van der Waals surface area contributed by atoms with Crippen LogP contribution < -0.4 is 10.3 Å². The van der Waals surface area contributed by atoms with Crippen LogP contribution in [0.3, 0.4) is 0 Å². The highest BCUT2D eigenvalue weighted by Crippen LogP contribution is 2.45. The molecule has 4 aromatic rings. The van der Waals surface area contributed by atoms with Crippen LogP contribution >= 0.6 is 11.6 Å². The number of halogens is 1. The van der Waals surface area contributed by atoms with Crippen molar-refractivity contribution in [3.63, 3.8) is 0 Å². The summed E-state index contributed by atoms with van der Waals surface area (Å²) in [6.45, 7) is 7.98. The lowest BCUT2D eigenvalue weighted by Gasteiger charge is -2.21. The van der Waals surface area contributed by atoms with Gasteiger partial charge in [0.25, 0.3) is 21.3 Å². The molecule has 0 spiro atoms. The largest absolute Gasteiger partial charge is 0.456 e. The zero-order valence-electron chi connectivity index (χ0n) is 25.1. The van der Waals surface area contributed by atoms with E-state index in [2.05, 4.69) is 4.72 Å². The third kappa shape index (κ3) is 6.51. The summed E-state index contributed by atoms with van der Waals surface area (Å²) in [4.78, 5) is 48.4. The number of nitrogens with zero attached hydrogens (tertiary/aromatic N) is 3. The van der Waals surface area contributed by atoms with Crippen molar-refractivity contribution in [1.29, 1.82) is 0 Å². The minimum Gasteiger partial charge on any atom is -0.456 e. The number of rotatable bonds is 8. The molecule has 4 rings (SSSR count). The van der Waals surface area contributed by atoms with Gasteiger partial charge in [0.15, 0.2) is 0 Å². The molecular weight excluding hydrogens is 628 g/mol. The number of hydrogen-bond donors (Lipinski definition) is 1. The van der Waals surface area contributed by atoms with E-state index in [1.165, 1.54) is 42.8 Å². The molecule has 0 saturated carbocycles. The monoisotopic (exact) mass is 656 g/mol. The number of carbonyl (C=O) groups is 1. The maximum absolute atomic E-state index is 13.6. The number of esters is 1. The maximum atomic E-state index is 13.6. The summed E-state index contributed by atoms with van der Waals surface area (Å²) in [5.41, 5.74) is -3.28. The molecule has 0 aliphatic heterocycles. The molecule has 1 N–H and O–H groups in total. The Balaban J connectivity index is 1.96. The van der Waals surface area contributed by atoms with E-state index in [-0.39, 0.29) is 16.1 Å². The van der Waals surface area contributed by atoms with E-state index in [4.69, 9.17) is 16.3 Å². The van der Waals surface area contributed by atoms with E-state index in [1.807, 2.05) is 0 Å². The molecule has 1 atom stereocenters. The predicted octanol–water partition coefficient (Wildman–Crippen LogP) is 6.22. The van der Waals surface area contributed by atoms with Gasteiger partial charge in [0.2, 0.25) is 0 Å². The molecule has 0 saturated heterocycles. The van der Waals surface area contributed by atoms with E-state index in [0.29, 0.717) is 16.5 Å². The zero-order chi connectivity index (χ0) is 33.6. The molecule has 15 heteroatoms. The average molecular weight is 657 g/mol. The van der Waals surface area contributed by atoms with Crippen LogP contribution in [0.2, 0.25) is 5.15 Å². The molecule has 45 heavy (non-hydrogen) atoms. The fourth-order valence-corrected chi connectivity index (χ4v) is 6.48. The zero-order valence-corrected chi connectivity index (χ0v) is 26.6. The molecule has 1 heterocycles. The van der Waals surface area contributed by atoms with E-state index in [9.17, 15) is 38.2 Å². The molecule has 0 amide bonds. The SMILES string of the molecule is Cc1cc(C(C)c2c([N+](=O)[O-])ccc(NS(=O)(=O)c3ccccc3C(=O)OC(C)(C)C)c2[N+](=O)[O-])c2cc(Cl)n(C)c(=O)c2c1. The van der Waals surface area contributed by atoms with Crippen LogP contribution in [0.1, 0.15) is 60.7 Å². The van der Waals surface area contributed by atoms with Crippen molar-refractivity contribution >= 4 is 55.4 Å². The Morgan fingerprint density at radius 3 is 2.27 bits per heavy atom. The van der Waals surface area contributed by atoms with Gasteiger partial charge in [-0.1, -0.05) is 36.7 Å².